The van der Waals surface area contributed by atoms with E-state index in [1.165, 1.54) is 0 Å². The summed E-state index contributed by atoms with van der Waals surface area (Å²) in [6.07, 6.45) is 1.73. The molecule has 0 heterocycles. The highest BCUT2D eigenvalue weighted by atomic mass is 79.9. The number of amides is 1. The lowest BCUT2D eigenvalue weighted by atomic mass is 10.0. The average Bonchev–Trinajstić information content (AvgIpc) is 2.44. The first-order chi connectivity index (χ1) is 9.67. The summed E-state index contributed by atoms with van der Waals surface area (Å²) in [4.78, 5) is 11.7. The maximum absolute atomic E-state index is 11.7. The van der Waals surface area contributed by atoms with Gasteiger partial charge in [0.25, 0.3) is 0 Å². The van der Waals surface area contributed by atoms with Crippen molar-refractivity contribution >= 4 is 21.8 Å². The van der Waals surface area contributed by atoms with Crippen LogP contribution in [0.3, 0.4) is 0 Å². The van der Waals surface area contributed by atoms with Gasteiger partial charge in [-0.3, -0.25) is 4.79 Å². The van der Waals surface area contributed by atoms with Gasteiger partial charge in [-0.15, -0.1) is 0 Å². The van der Waals surface area contributed by atoms with Gasteiger partial charge in [-0.1, -0.05) is 47.7 Å². The number of rotatable bonds is 6. The Kier molecular flexibility index (Phi) is 7.82. The zero-order valence-electron chi connectivity index (χ0n) is 11.9. The van der Waals surface area contributed by atoms with Crippen molar-refractivity contribution in [3.05, 3.63) is 28.7 Å². The van der Waals surface area contributed by atoms with Gasteiger partial charge >= 0.3 is 0 Å². The van der Waals surface area contributed by atoms with Crippen molar-refractivity contribution in [1.82, 2.24) is 5.32 Å². The molecule has 1 rings (SSSR count). The molecule has 0 unspecified atom stereocenters. The Balaban J connectivity index is 2.25. The number of halogens is 1. The standard InChI is InChI=1S/C16H20BrNO2/c1-3-13(4-2)16(19)18-10-5-6-11-20-15-9-7-8-14(17)12-15/h7-9,12-13H,3-4,10-11H2,1-2H3,(H,18,19). The molecule has 3 nitrogen and oxygen atoms in total. The van der Waals surface area contributed by atoms with E-state index in [9.17, 15) is 4.79 Å². The van der Waals surface area contributed by atoms with Gasteiger partial charge in [-0.2, -0.15) is 0 Å². The lowest BCUT2D eigenvalue weighted by Gasteiger charge is -2.10. The van der Waals surface area contributed by atoms with E-state index < -0.39 is 0 Å². The smallest absolute Gasteiger partial charge is 0.223 e. The highest BCUT2D eigenvalue weighted by molar-refractivity contribution is 9.10. The van der Waals surface area contributed by atoms with Crippen LogP contribution in [0.15, 0.2) is 28.7 Å². The van der Waals surface area contributed by atoms with Gasteiger partial charge in [0.05, 0.1) is 6.54 Å². The number of carbonyl (C=O) groups excluding carboxylic acids is 1. The van der Waals surface area contributed by atoms with Crippen LogP contribution in [-0.2, 0) is 4.79 Å². The molecular weight excluding hydrogens is 318 g/mol. The van der Waals surface area contributed by atoms with Gasteiger partial charge in [0.1, 0.15) is 12.4 Å². The normalized spacial score (nSPS) is 9.80. The minimum atomic E-state index is 0.0807. The van der Waals surface area contributed by atoms with Crippen molar-refractivity contribution in [2.24, 2.45) is 5.92 Å². The molecule has 0 aliphatic rings. The van der Waals surface area contributed by atoms with Crippen molar-refractivity contribution in [2.75, 3.05) is 13.2 Å². The number of carbonyl (C=O) groups is 1. The van der Waals surface area contributed by atoms with Gasteiger partial charge in [-0.05, 0) is 31.0 Å². The first-order valence-electron chi connectivity index (χ1n) is 6.79. The molecule has 1 amide bonds. The van der Waals surface area contributed by atoms with Gasteiger partial charge < -0.3 is 10.1 Å². The average molecular weight is 338 g/mol. The van der Waals surface area contributed by atoms with E-state index in [1.807, 2.05) is 38.1 Å². The third-order valence-corrected chi connectivity index (χ3v) is 3.43. The zero-order valence-corrected chi connectivity index (χ0v) is 13.5. The van der Waals surface area contributed by atoms with E-state index in [-0.39, 0.29) is 11.8 Å². The van der Waals surface area contributed by atoms with Crippen LogP contribution in [0, 0.1) is 17.8 Å². The lowest BCUT2D eigenvalue weighted by molar-refractivity contribution is -0.124. The van der Waals surface area contributed by atoms with Crippen LogP contribution >= 0.6 is 15.9 Å². The Bertz CT molecular complexity index is 487. The fraction of sp³-hybridized carbons (Fsp3) is 0.438. The lowest BCUT2D eigenvalue weighted by Crippen LogP contribution is -2.30. The van der Waals surface area contributed by atoms with E-state index in [0.717, 1.165) is 23.1 Å². The van der Waals surface area contributed by atoms with Gasteiger partial charge in [0, 0.05) is 10.4 Å². The zero-order chi connectivity index (χ0) is 14.8. The predicted molar refractivity (Wildman–Crippen MR) is 84.5 cm³/mol. The molecule has 108 valence electrons. The summed E-state index contributed by atoms with van der Waals surface area (Å²) in [7, 11) is 0. The van der Waals surface area contributed by atoms with Crippen molar-refractivity contribution in [2.45, 2.75) is 26.7 Å². The van der Waals surface area contributed by atoms with E-state index in [4.69, 9.17) is 4.74 Å². The summed E-state index contributed by atoms with van der Waals surface area (Å²) in [6.45, 7) is 4.73. The van der Waals surface area contributed by atoms with Crippen LogP contribution in [0.5, 0.6) is 5.75 Å². The highest BCUT2D eigenvalue weighted by Crippen LogP contribution is 2.17. The second-order valence-corrected chi connectivity index (χ2v) is 5.25. The fourth-order valence-electron chi connectivity index (χ4n) is 1.72. The van der Waals surface area contributed by atoms with E-state index in [1.54, 1.807) is 0 Å². The second-order valence-electron chi connectivity index (χ2n) is 4.33. The molecule has 0 aliphatic heterocycles. The first kappa shape index (κ1) is 16.6. The molecule has 0 spiro atoms. The van der Waals surface area contributed by atoms with Crippen molar-refractivity contribution in [3.8, 4) is 17.6 Å². The monoisotopic (exact) mass is 337 g/mol. The van der Waals surface area contributed by atoms with Crippen LogP contribution in [0.25, 0.3) is 0 Å². The number of benzene rings is 1. The summed E-state index contributed by atoms with van der Waals surface area (Å²) >= 11 is 3.38. The van der Waals surface area contributed by atoms with E-state index in [2.05, 4.69) is 33.1 Å². The molecule has 1 aromatic carbocycles. The molecule has 1 N–H and O–H groups in total. The molecule has 20 heavy (non-hydrogen) atoms. The maximum atomic E-state index is 11.7. The van der Waals surface area contributed by atoms with E-state index >= 15 is 0 Å². The molecule has 1 aromatic rings. The minimum Gasteiger partial charge on any atom is -0.481 e. The van der Waals surface area contributed by atoms with E-state index in [0.29, 0.717) is 13.2 Å². The topological polar surface area (TPSA) is 38.3 Å². The maximum Gasteiger partial charge on any atom is 0.223 e. The van der Waals surface area contributed by atoms with Crippen molar-refractivity contribution < 1.29 is 9.53 Å². The summed E-state index contributed by atoms with van der Waals surface area (Å²) < 4.78 is 6.44. The first-order valence-corrected chi connectivity index (χ1v) is 7.58. The molecule has 0 aliphatic carbocycles. The number of ether oxygens (including phenoxy) is 1. The van der Waals surface area contributed by atoms with Crippen LogP contribution in [0.1, 0.15) is 26.7 Å². The summed E-state index contributed by atoms with van der Waals surface area (Å²) in [5.74, 6) is 6.71. The van der Waals surface area contributed by atoms with Gasteiger partial charge in [0.2, 0.25) is 5.91 Å². The minimum absolute atomic E-state index is 0.0807. The highest BCUT2D eigenvalue weighted by Gasteiger charge is 2.12. The number of hydrogen-bond acceptors (Lipinski definition) is 2. The SMILES string of the molecule is CCC(CC)C(=O)NCC#CCOc1cccc(Br)c1. The summed E-state index contributed by atoms with van der Waals surface area (Å²) in [5, 5.41) is 2.82. The largest absolute Gasteiger partial charge is 0.481 e. The summed E-state index contributed by atoms with van der Waals surface area (Å²) in [5.41, 5.74) is 0. The molecule has 0 fully saturated rings. The van der Waals surface area contributed by atoms with Crippen molar-refractivity contribution in [3.63, 3.8) is 0 Å². The fourth-order valence-corrected chi connectivity index (χ4v) is 2.10. The van der Waals surface area contributed by atoms with Crippen LogP contribution < -0.4 is 10.1 Å². The van der Waals surface area contributed by atoms with Gasteiger partial charge in [-0.25, -0.2) is 0 Å². The van der Waals surface area contributed by atoms with Gasteiger partial charge in [0.15, 0.2) is 0 Å². The molecule has 0 atom stereocenters. The molecule has 4 heteroatoms. The summed E-state index contributed by atoms with van der Waals surface area (Å²) in [6, 6.07) is 7.60. The Morgan fingerprint density at radius 2 is 2.10 bits per heavy atom. The third kappa shape index (κ3) is 6.12. The molecule has 0 radical (unpaired) electrons. The molecule has 0 bridgehead atoms. The number of nitrogens with one attached hydrogen (secondary N) is 1. The van der Waals surface area contributed by atoms with Crippen molar-refractivity contribution in [1.29, 1.82) is 0 Å². The van der Waals surface area contributed by atoms with Crippen LogP contribution in [0.4, 0.5) is 0 Å². The number of hydrogen-bond donors (Lipinski definition) is 1. The molecule has 0 aromatic heterocycles. The van der Waals surface area contributed by atoms with Crippen LogP contribution in [-0.4, -0.2) is 19.1 Å². The Hall–Kier alpha value is -1.47. The Labute approximate surface area is 129 Å². The second kappa shape index (κ2) is 9.44. The predicted octanol–water partition coefficient (Wildman–Crippen LogP) is 3.38. The molecule has 0 saturated carbocycles. The molecule has 0 saturated heterocycles. The third-order valence-electron chi connectivity index (χ3n) is 2.94. The molecular formula is C16H20BrNO2. The van der Waals surface area contributed by atoms with Crippen LogP contribution in [0.2, 0.25) is 0 Å². The quantitative estimate of drug-likeness (QED) is 0.808. The Morgan fingerprint density at radius 1 is 1.35 bits per heavy atom. The Morgan fingerprint density at radius 3 is 2.75 bits per heavy atom.